The van der Waals surface area contributed by atoms with Crippen LogP contribution in [0.1, 0.15) is 20.4 Å². The zero-order valence-corrected chi connectivity index (χ0v) is 10.3. The minimum Gasteiger partial charge on any atom is -0.477 e. The van der Waals surface area contributed by atoms with Crippen molar-refractivity contribution in [3.63, 3.8) is 0 Å². The normalized spacial score (nSPS) is 9.83. The SMILES string of the molecule is Cc1nc(CNC(=O)NCC(N)=O)sc1C(=O)O. The van der Waals surface area contributed by atoms with Gasteiger partial charge in [-0.1, -0.05) is 0 Å². The molecule has 1 heterocycles. The summed E-state index contributed by atoms with van der Waals surface area (Å²) in [7, 11) is 0. The number of carboxylic acid groups (broad SMARTS) is 1. The summed E-state index contributed by atoms with van der Waals surface area (Å²) >= 11 is 0.989. The zero-order valence-electron chi connectivity index (χ0n) is 9.52. The standard InChI is InChI=1S/C9H12N4O4S/c1-4-7(8(15)16)18-6(13-4)3-12-9(17)11-2-5(10)14/h2-3H2,1H3,(H2,10,14)(H,15,16)(H2,11,12,17). The summed E-state index contributed by atoms with van der Waals surface area (Å²) in [5.41, 5.74) is 5.25. The fourth-order valence-electron chi connectivity index (χ4n) is 1.11. The molecule has 0 aliphatic rings. The minimum absolute atomic E-state index is 0.0867. The molecule has 0 atom stereocenters. The molecule has 0 spiro atoms. The van der Waals surface area contributed by atoms with E-state index in [9.17, 15) is 14.4 Å². The van der Waals surface area contributed by atoms with Crippen molar-refractivity contribution >= 4 is 29.2 Å². The van der Waals surface area contributed by atoms with Gasteiger partial charge in [0.2, 0.25) is 5.91 Å². The molecule has 1 aromatic rings. The molecule has 0 aliphatic carbocycles. The Kier molecular flexibility index (Phi) is 4.60. The van der Waals surface area contributed by atoms with Gasteiger partial charge in [0.25, 0.3) is 0 Å². The molecular formula is C9H12N4O4S. The van der Waals surface area contributed by atoms with Crippen LogP contribution in [0, 0.1) is 6.92 Å². The molecule has 3 amide bonds. The fraction of sp³-hybridized carbons (Fsp3) is 0.333. The Morgan fingerprint density at radius 2 is 2.06 bits per heavy atom. The van der Waals surface area contributed by atoms with E-state index in [1.54, 1.807) is 6.92 Å². The molecule has 0 saturated heterocycles. The van der Waals surface area contributed by atoms with E-state index in [0.29, 0.717) is 10.7 Å². The quantitative estimate of drug-likeness (QED) is 0.569. The summed E-state index contributed by atoms with van der Waals surface area (Å²) in [4.78, 5) is 36.5. The van der Waals surface area contributed by atoms with Gasteiger partial charge in [0.1, 0.15) is 9.88 Å². The fourth-order valence-corrected chi connectivity index (χ4v) is 1.96. The molecule has 98 valence electrons. The number of carbonyl (C=O) groups excluding carboxylic acids is 2. The van der Waals surface area contributed by atoms with E-state index in [0.717, 1.165) is 11.3 Å². The van der Waals surface area contributed by atoms with Crippen molar-refractivity contribution in [2.45, 2.75) is 13.5 Å². The Bertz CT molecular complexity index is 485. The number of rotatable bonds is 5. The molecule has 1 aromatic heterocycles. The van der Waals surface area contributed by atoms with Crippen LogP contribution in [0.15, 0.2) is 0 Å². The van der Waals surface area contributed by atoms with Gasteiger partial charge < -0.3 is 21.5 Å². The predicted octanol–water partition coefficient (Wildman–Crippen LogP) is -0.566. The Hall–Kier alpha value is -2.16. The second-order valence-electron chi connectivity index (χ2n) is 3.33. The zero-order chi connectivity index (χ0) is 13.7. The first-order valence-corrected chi connectivity index (χ1v) is 5.71. The molecule has 8 nitrogen and oxygen atoms in total. The number of nitrogens with one attached hydrogen (secondary N) is 2. The second-order valence-corrected chi connectivity index (χ2v) is 4.41. The highest BCUT2D eigenvalue weighted by atomic mass is 32.1. The molecular weight excluding hydrogens is 260 g/mol. The number of aromatic nitrogens is 1. The molecule has 5 N–H and O–H groups in total. The number of aromatic carboxylic acids is 1. The molecule has 9 heteroatoms. The van der Waals surface area contributed by atoms with Crippen molar-refractivity contribution in [3.05, 3.63) is 15.6 Å². The summed E-state index contributed by atoms with van der Waals surface area (Å²) in [5, 5.41) is 14.0. The molecule has 0 unspecified atom stereocenters. The van der Waals surface area contributed by atoms with Gasteiger partial charge in [-0.2, -0.15) is 0 Å². The van der Waals surface area contributed by atoms with Crippen molar-refractivity contribution in [1.82, 2.24) is 15.6 Å². The van der Waals surface area contributed by atoms with Crippen LogP contribution in [0.3, 0.4) is 0 Å². The lowest BCUT2D eigenvalue weighted by molar-refractivity contribution is -0.117. The number of aryl methyl sites for hydroxylation is 1. The third kappa shape index (κ3) is 4.01. The smallest absolute Gasteiger partial charge is 0.347 e. The van der Waals surface area contributed by atoms with Crippen LogP contribution < -0.4 is 16.4 Å². The van der Waals surface area contributed by atoms with Gasteiger partial charge in [0.05, 0.1) is 18.8 Å². The molecule has 0 aromatic carbocycles. The topological polar surface area (TPSA) is 134 Å². The summed E-state index contributed by atoms with van der Waals surface area (Å²) in [5.74, 6) is -1.70. The van der Waals surface area contributed by atoms with E-state index < -0.39 is 17.9 Å². The first kappa shape index (κ1) is 13.9. The number of amides is 3. The van der Waals surface area contributed by atoms with Gasteiger partial charge in [-0.15, -0.1) is 11.3 Å². The number of hydrogen-bond donors (Lipinski definition) is 4. The largest absolute Gasteiger partial charge is 0.477 e. The van der Waals surface area contributed by atoms with Crippen LogP contribution >= 0.6 is 11.3 Å². The highest BCUT2D eigenvalue weighted by Gasteiger charge is 2.14. The maximum Gasteiger partial charge on any atom is 0.347 e. The third-order valence-electron chi connectivity index (χ3n) is 1.86. The summed E-state index contributed by atoms with van der Waals surface area (Å²) in [6.45, 7) is 1.41. The van der Waals surface area contributed by atoms with Crippen LogP contribution in [0.4, 0.5) is 4.79 Å². The van der Waals surface area contributed by atoms with E-state index in [1.807, 2.05) is 0 Å². The van der Waals surface area contributed by atoms with Gasteiger partial charge in [-0.25, -0.2) is 14.6 Å². The van der Waals surface area contributed by atoms with E-state index in [-0.39, 0.29) is 18.0 Å². The number of nitrogens with two attached hydrogens (primary N) is 1. The Balaban J connectivity index is 2.48. The van der Waals surface area contributed by atoms with E-state index in [1.165, 1.54) is 0 Å². The monoisotopic (exact) mass is 272 g/mol. The van der Waals surface area contributed by atoms with Crippen molar-refractivity contribution in [2.24, 2.45) is 5.73 Å². The van der Waals surface area contributed by atoms with Gasteiger partial charge in [-0.3, -0.25) is 4.79 Å². The average molecular weight is 272 g/mol. The van der Waals surface area contributed by atoms with Gasteiger partial charge in [0.15, 0.2) is 0 Å². The molecule has 0 bridgehead atoms. The maximum atomic E-state index is 11.2. The average Bonchev–Trinajstić information content (AvgIpc) is 2.65. The lowest BCUT2D eigenvalue weighted by Gasteiger charge is -2.03. The minimum atomic E-state index is -1.05. The number of nitrogens with zero attached hydrogens (tertiary/aromatic N) is 1. The number of carbonyl (C=O) groups is 3. The molecule has 18 heavy (non-hydrogen) atoms. The molecule has 0 radical (unpaired) electrons. The van der Waals surface area contributed by atoms with Crippen LogP contribution in [0.5, 0.6) is 0 Å². The van der Waals surface area contributed by atoms with Crippen LogP contribution in [0.2, 0.25) is 0 Å². The first-order valence-electron chi connectivity index (χ1n) is 4.89. The molecule has 0 aliphatic heterocycles. The Morgan fingerprint density at radius 1 is 1.39 bits per heavy atom. The van der Waals surface area contributed by atoms with Crippen LogP contribution in [-0.2, 0) is 11.3 Å². The van der Waals surface area contributed by atoms with Crippen molar-refractivity contribution in [2.75, 3.05) is 6.54 Å². The third-order valence-corrected chi connectivity index (χ3v) is 3.00. The van der Waals surface area contributed by atoms with Crippen LogP contribution in [-0.4, -0.2) is 34.5 Å². The van der Waals surface area contributed by atoms with Gasteiger partial charge >= 0.3 is 12.0 Å². The first-order chi connectivity index (χ1) is 8.40. The Morgan fingerprint density at radius 3 is 2.56 bits per heavy atom. The molecule has 0 fully saturated rings. The summed E-state index contributed by atoms with van der Waals surface area (Å²) in [6, 6.07) is -0.571. The van der Waals surface area contributed by atoms with Crippen molar-refractivity contribution < 1.29 is 19.5 Å². The van der Waals surface area contributed by atoms with Gasteiger partial charge in [0, 0.05) is 0 Å². The second kappa shape index (κ2) is 5.96. The predicted molar refractivity (Wildman–Crippen MR) is 63.2 cm³/mol. The summed E-state index contributed by atoms with van der Waals surface area (Å²) < 4.78 is 0. The lowest BCUT2D eigenvalue weighted by atomic mass is 10.4. The Labute approximate surface area is 106 Å². The van der Waals surface area contributed by atoms with Crippen molar-refractivity contribution in [1.29, 1.82) is 0 Å². The number of thiazole rings is 1. The highest BCUT2D eigenvalue weighted by Crippen LogP contribution is 2.17. The summed E-state index contributed by atoms with van der Waals surface area (Å²) in [6.07, 6.45) is 0. The van der Waals surface area contributed by atoms with Crippen LogP contribution in [0.25, 0.3) is 0 Å². The van der Waals surface area contributed by atoms with E-state index >= 15 is 0 Å². The maximum absolute atomic E-state index is 11.2. The molecule has 1 rings (SSSR count). The number of urea groups is 1. The van der Waals surface area contributed by atoms with E-state index in [4.69, 9.17) is 10.8 Å². The van der Waals surface area contributed by atoms with E-state index in [2.05, 4.69) is 15.6 Å². The lowest BCUT2D eigenvalue weighted by Crippen LogP contribution is -2.39. The highest BCUT2D eigenvalue weighted by molar-refractivity contribution is 7.13. The molecule has 0 saturated carbocycles. The number of carboxylic acids is 1. The van der Waals surface area contributed by atoms with Gasteiger partial charge in [-0.05, 0) is 6.92 Å². The number of hydrogen-bond acceptors (Lipinski definition) is 5. The van der Waals surface area contributed by atoms with Crippen molar-refractivity contribution in [3.8, 4) is 0 Å². The number of primary amides is 1.